The van der Waals surface area contributed by atoms with Gasteiger partial charge in [0.25, 0.3) is 20.2 Å². The minimum atomic E-state index is -4.58. The van der Waals surface area contributed by atoms with Crippen molar-refractivity contribution in [2.45, 2.75) is 9.79 Å². The fourth-order valence-electron chi connectivity index (χ4n) is 2.51. The number of hydrogen-bond acceptors (Lipinski definition) is 8. The maximum Gasteiger partial charge on any atom is 0.296 e. The molecule has 0 unspecified atom stereocenters. The van der Waals surface area contributed by atoms with Crippen LogP contribution in [-0.2, 0) is 20.2 Å². The molecule has 6 N–H and O–H groups in total. The standard InChI is InChI=1S/C16H14N4O6S2/c17-9-1-5-15(16(7-9)28(24,25)26)20-19-14-6-4-13(18)12-8-10(27(21,22)23)2-3-11(12)14/h1-8H,17-18H2,(H,21,22,23)(H,24,25,26)/b20-19+. The Kier molecular flexibility index (Phi) is 4.81. The summed E-state index contributed by atoms with van der Waals surface area (Å²) in [6, 6.07) is 10.4. The molecule has 0 aliphatic carbocycles. The fraction of sp³-hybridized carbons (Fsp3) is 0. The van der Waals surface area contributed by atoms with Gasteiger partial charge < -0.3 is 11.5 Å². The van der Waals surface area contributed by atoms with Crippen molar-refractivity contribution in [2.24, 2.45) is 10.2 Å². The third-order valence-electron chi connectivity index (χ3n) is 3.82. The van der Waals surface area contributed by atoms with Crippen LogP contribution in [0.2, 0.25) is 0 Å². The second-order valence-corrected chi connectivity index (χ2v) is 8.57. The summed E-state index contributed by atoms with van der Waals surface area (Å²) >= 11 is 0. The molecule has 0 saturated heterocycles. The van der Waals surface area contributed by atoms with Gasteiger partial charge >= 0.3 is 0 Å². The Hall–Kier alpha value is -3.06. The Morgan fingerprint density at radius 3 is 2.00 bits per heavy atom. The molecule has 10 nitrogen and oxygen atoms in total. The smallest absolute Gasteiger partial charge is 0.296 e. The molecule has 28 heavy (non-hydrogen) atoms. The number of rotatable bonds is 4. The number of azo groups is 1. The fourth-order valence-corrected chi connectivity index (χ4v) is 3.67. The van der Waals surface area contributed by atoms with Crippen molar-refractivity contribution >= 4 is 53.8 Å². The average Bonchev–Trinajstić information content (AvgIpc) is 2.60. The van der Waals surface area contributed by atoms with Crippen molar-refractivity contribution < 1.29 is 25.9 Å². The topological polar surface area (TPSA) is 185 Å². The zero-order valence-electron chi connectivity index (χ0n) is 14.0. The van der Waals surface area contributed by atoms with Gasteiger partial charge in [-0.1, -0.05) is 6.07 Å². The Morgan fingerprint density at radius 2 is 1.36 bits per heavy atom. The van der Waals surface area contributed by atoms with Gasteiger partial charge in [-0.2, -0.15) is 16.8 Å². The summed E-state index contributed by atoms with van der Waals surface area (Å²) in [5.41, 5.74) is 11.9. The van der Waals surface area contributed by atoms with Gasteiger partial charge in [0.05, 0.1) is 10.6 Å². The summed E-state index contributed by atoms with van der Waals surface area (Å²) in [6.07, 6.45) is 0. The predicted molar refractivity (Wildman–Crippen MR) is 103 cm³/mol. The van der Waals surface area contributed by atoms with Crippen LogP contribution in [0.1, 0.15) is 0 Å². The number of anilines is 2. The third-order valence-corrected chi connectivity index (χ3v) is 5.56. The first-order chi connectivity index (χ1) is 13.0. The lowest BCUT2D eigenvalue weighted by molar-refractivity contribution is 0.481. The second kappa shape index (κ2) is 6.83. The summed E-state index contributed by atoms with van der Waals surface area (Å²) in [4.78, 5) is -0.849. The van der Waals surface area contributed by atoms with Crippen LogP contribution in [0.3, 0.4) is 0 Å². The normalized spacial score (nSPS) is 12.6. The lowest BCUT2D eigenvalue weighted by atomic mass is 10.1. The van der Waals surface area contributed by atoms with E-state index in [4.69, 9.17) is 11.5 Å². The summed E-state index contributed by atoms with van der Waals surface area (Å²) in [5, 5.41) is 8.56. The van der Waals surface area contributed by atoms with E-state index in [1.165, 1.54) is 42.5 Å². The first-order valence-corrected chi connectivity index (χ1v) is 10.4. The van der Waals surface area contributed by atoms with Gasteiger partial charge in [-0.25, -0.2) is 0 Å². The van der Waals surface area contributed by atoms with Crippen molar-refractivity contribution in [3.05, 3.63) is 48.5 Å². The van der Waals surface area contributed by atoms with E-state index in [9.17, 15) is 25.9 Å². The molecule has 0 amide bonds. The van der Waals surface area contributed by atoms with Gasteiger partial charge in [0, 0.05) is 22.1 Å². The van der Waals surface area contributed by atoms with Crippen LogP contribution < -0.4 is 11.5 Å². The van der Waals surface area contributed by atoms with Gasteiger partial charge in [0.15, 0.2) is 0 Å². The molecule has 0 heterocycles. The molecule has 3 aromatic carbocycles. The van der Waals surface area contributed by atoms with Crippen LogP contribution in [0.25, 0.3) is 10.8 Å². The first kappa shape index (κ1) is 19.7. The monoisotopic (exact) mass is 422 g/mol. The van der Waals surface area contributed by atoms with Crippen LogP contribution in [0.4, 0.5) is 22.7 Å². The highest BCUT2D eigenvalue weighted by Crippen LogP contribution is 2.34. The SMILES string of the molecule is Nc1ccc(/N=N/c2ccc(N)c3cc(S(=O)(=O)O)ccc23)c(S(=O)(=O)O)c1. The number of fused-ring (bicyclic) bond motifs is 1. The van der Waals surface area contributed by atoms with Gasteiger partial charge in [-0.15, -0.1) is 10.2 Å². The molecule has 3 aromatic rings. The van der Waals surface area contributed by atoms with Crippen molar-refractivity contribution in [2.75, 3.05) is 11.5 Å². The van der Waals surface area contributed by atoms with Crippen LogP contribution >= 0.6 is 0 Å². The van der Waals surface area contributed by atoms with Crippen molar-refractivity contribution in [3.8, 4) is 0 Å². The zero-order chi connectivity index (χ0) is 20.7. The highest BCUT2D eigenvalue weighted by molar-refractivity contribution is 7.86. The van der Waals surface area contributed by atoms with Crippen molar-refractivity contribution in [1.29, 1.82) is 0 Å². The predicted octanol–water partition coefficient (Wildman–Crippen LogP) is 2.91. The molecule has 0 spiro atoms. The van der Waals surface area contributed by atoms with E-state index in [0.29, 0.717) is 10.8 Å². The molecule has 0 aliphatic heterocycles. The quantitative estimate of drug-likeness (QED) is 0.281. The van der Waals surface area contributed by atoms with E-state index in [1.54, 1.807) is 0 Å². The minimum Gasteiger partial charge on any atom is -0.399 e. The van der Waals surface area contributed by atoms with E-state index in [0.717, 1.165) is 6.07 Å². The Bertz CT molecular complexity index is 1330. The van der Waals surface area contributed by atoms with E-state index < -0.39 is 25.1 Å². The number of nitrogen functional groups attached to an aromatic ring is 2. The summed E-state index contributed by atoms with van der Waals surface area (Å²) in [6.45, 7) is 0. The Balaban J connectivity index is 2.15. The van der Waals surface area contributed by atoms with E-state index in [-0.39, 0.29) is 27.6 Å². The van der Waals surface area contributed by atoms with Crippen LogP contribution in [0.5, 0.6) is 0 Å². The molecule has 0 fully saturated rings. The molecule has 146 valence electrons. The molecule has 0 bridgehead atoms. The minimum absolute atomic E-state index is 0.113. The van der Waals surface area contributed by atoms with Crippen LogP contribution in [0.15, 0.2) is 68.6 Å². The summed E-state index contributed by atoms with van der Waals surface area (Å²) < 4.78 is 64.2. The number of nitrogens with zero attached hydrogens (tertiary/aromatic N) is 2. The molecule has 0 aromatic heterocycles. The van der Waals surface area contributed by atoms with E-state index in [1.807, 2.05) is 0 Å². The third kappa shape index (κ3) is 3.94. The number of hydrogen-bond donors (Lipinski definition) is 4. The second-order valence-electron chi connectivity index (χ2n) is 5.76. The van der Waals surface area contributed by atoms with Crippen molar-refractivity contribution in [3.63, 3.8) is 0 Å². The first-order valence-electron chi connectivity index (χ1n) is 7.55. The Morgan fingerprint density at radius 1 is 0.714 bits per heavy atom. The van der Waals surface area contributed by atoms with Gasteiger partial charge in [0.1, 0.15) is 10.6 Å². The molecular weight excluding hydrogens is 408 g/mol. The lowest BCUT2D eigenvalue weighted by Gasteiger charge is -2.07. The maximum atomic E-state index is 11.5. The maximum absolute atomic E-state index is 11.5. The van der Waals surface area contributed by atoms with Crippen LogP contribution in [0, 0.1) is 0 Å². The highest BCUT2D eigenvalue weighted by atomic mass is 32.2. The van der Waals surface area contributed by atoms with Gasteiger partial charge in [0.2, 0.25) is 0 Å². The molecular formula is C16H14N4O6S2. The van der Waals surface area contributed by atoms with E-state index >= 15 is 0 Å². The average molecular weight is 422 g/mol. The molecule has 0 radical (unpaired) electrons. The van der Waals surface area contributed by atoms with Crippen molar-refractivity contribution in [1.82, 2.24) is 0 Å². The lowest BCUT2D eigenvalue weighted by Crippen LogP contribution is -1.99. The summed E-state index contributed by atoms with van der Waals surface area (Å²) in [5.74, 6) is 0. The van der Waals surface area contributed by atoms with Gasteiger partial charge in [-0.3, -0.25) is 9.11 Å². The zero-order valence-corrected chi connectivity index (χ0v) is 15.6. The number of benzene rings is 3. The number of nitrogens with two attached hydrogens (primary N) is 2. The highest BCUT2D eigenvalue weighted by Gasteiger charge is 2.16. The Labute approximate surface area is 160 Å². The molecule has 12 heteroatoms. The molecule has 0 atom stereocenters. The van der Waals surface area contributed by atoms with Gasteiger partial charge in [-0.05, 0) is 42.5 Å². The summed E-state index contributed by atoms with van der Waals surface area (Å²) in [7, 11) is -9.00. The van der Waals surface area contributed by atoms with E-state index in [2.05, 4.69) is 10.2 Å². The molecule has 0 aliphatic rings. The molecule has 3 rings (SSSR count). The largest absolute Gasteiger partial charge is 0.399 e. The van der Waals surface area contributed by atoms with Crippen LogP contribution in [-0.4, -0.2) is 25.9 Å². The molecule has 0 saturated carbocycles.